The lowest BCUT2D eigenvalue weighted by molar-refractivity contribution is 0.953. The van der Waals surface area contributed by atoms with Gasteiger partial charge in [0.1, 0.15) is 0 Å². The van der Waals surface area contributed by atoms with Crippen LogP contribution in [0.1, 0.15) is 16.7 Å². The van der Waals surface area contributed by atoms with Crippen molar-refractivity contribution in [2.75, 3.05) is 0 Å². The zero-order chi connectivity index (χ0) is 30.2. The van der Waals surface area contributed by atoms with Gasteiger partial charge in [-0.2, -0.15) is 9.97 Å². The third-order valence-corrected chi connectivity index (χ3v) is 8.45. The lowest BCUT2D eigenvalue weighted by atomic mass is 9.91. The van der Waals surface area contributed by atoms with Crippen LogP contribution in [0.2, 0.25) is 0 Å². The molecule has 2 heterocycles. The van der Waals surface area contributed by atoms with Crippen LogP contribution in [0.3, 0.4) is 0 Å². The first-order valence-corrected chi connectivity index (χ1v) is 15.3. The van der Waals surface area contributed by atoms with Crippen molar-refractivity contribution in [3.63, 3.8) is 0 Å². The molecule has 0 spiro atoms. The van der Waals surface area contributed by atoms with E-state index in [1.165, 1.54) is 33.2 Å². The molecular formula is C41H30N4. The molecule has 0 atom stereocenters. The molecule has 0 aliphatic heterocycles. The first-order chi connectivity index (χ1) is 22.2. The molecule has 0 radical (unpaired) electrons. The van der Waals surface area contributed by atoms with Gasteiger partial charge in [0, 0.05) is 21.9 Å². The third-order valence-electron chi connectivity index (χ3n) is 8.45. The molecule has 0 saturated carbocycles. The highest BCUT2D eigenvalue weighted by atomic mass is 15.2. The van der Waals surface area contributed by atoms with Crippen molar-refractivity contribution < 1.29 is 0 Å². The third kappa shape index (κ3) is 4.96. The van der Waals surface area contributed by atoms with E-state index in [0.717, 1.165) is 34.0 Å². The number of benzene rings is 6. The van der Waals surface area contributed by atoms with E-state index in [2.05, 4.69) is 102 Å². The van der Waals surface area contributed by atoms with Crippen LogP contribution in [0, 0.1) is 6.92 Å². The van der Waals surface area contributed by atoms with Crippen molar-refractivity contribution in [2.45, 2.75) is 13.3 Å². The number of aryl methyl sites for hydroxylation is 1. The second kappa shape index (κ2) is 11.3. The van der Waals surface area contributed by atoms with Gasteiger partial charge < -0.3 is 0 Å². The second-order valence-corrected chi connectivity index (χ2v) is 11.4. The summed E-state index contributed by atoms with van der Waals surface area (Å²) in [5.41, 5.74) is 10.4. The minimum Gasteiger partial charge on any atom is -0.278 e. The van der Waals surface area contributed by atoms with E-state index >= 15 is 0 Å². The van der Waals surface area contributed by atoms with E-state index in [1.54, 1.807) is 0 Å². The molecular weight excluding hydrogens is 548 g/mol. The summed E-state index contributed by atoms with van der Waals surface area (Å²) in [5.74, 6) is 1.90. The predicted octanol–water partition coefficient (Wildman–Crippen LogP) is 9.87. The van der Waals surface area contributed by atoms with Crippen molar-refractivity contribution in [3.8, 4) is 39.9 Å². The zero-order valence-electron chi connectivity index (χ0n) is 24.9. The van der Waals surface area contributed by atoms with E-state index in [0.29, 0.717) is 17.6 Å². The van der Waals surface area contributed by atoms with E-state index in [1.807, 2.05) is 60.7 Å². The fourth-order valence-electron chi connectivity index (χ4n) is 6.28. The van der Waals surface area contributed by atoms with Crippen LogP contribution in [0.4, 0.5) is 0 Å². The molecule has 8 rings (SSSR count). The van der Waals surface area contributed by atoms with Gasteiger partial charge in [0.15, 0.2) is 11.6 Å². The van der Waals surface area contributed by atoms with Crippen LogP contribution < -0.4 is 0 Å². The van der Waals surface area contributed by atoms with Crippen molar-refractivity contribution in [1.82, 2.24) is 19.5 Å². The molecule has 2 aromatic heterocycles. The Morgan fingerprint density at radius 2 is 1.07 bits per heavy atom. The topological polar surface area (TPSA) is 43.6 Å². The van der Waals surface area contributed by atoms with E-state index < -0.39 is 0 Å². The molecule has 4 nitrogen and oxygen atoms in total. The number of fused-ring (bicyclic) bond motifs is 3. The maximum atomic E-state index is 5.08. The minimum absolute atomic E-state index is 0.602. The second-order valence-electron chi connectivity index (χ2n) is 11.4. The Morgan fingerprint density at radius 3 is 1.76 bits per heavy atom. The minimum atomic E-state index is 0.602. The maximum absolute atomic E-state index is 5.08. The average Bonchev–Trinajstić information content (AvgIpc) is 3.42. The quantitative estimate of drug-likeness (QED) is 0.197. The molecule has 0 saturated heterocycles. The summed E-state index contributed by atoms with van der Waals surface area (Å²) < 4.78 is 2.19. The summed E-state index contributed by atoms with van der Waals surface area (Å²) in [4.78, 5) is 15.1. The standard InChI is InChI=1S/C41H30N4/c1-28-25-38-36(27-35(28)33-22-12-11-21-32(33)26-29-15-5-2-6-16-29)34-23-13-14-24-37(34)45(38)41-43-39(30-17-7-3-8-18-30)42-40(44-41)31-19-9-4-10-20-31/h2-25,27H,26H2,1H3. The van der Waals surface area contributed by atoms with E-state index in [-0.39, 0.29) is 0 Å². The first-order valence-electron chi connectivity index (χ1n) is 15.3. The monoisotopic (exact) mass is 578 g/mol. The molecule has 45 heavy (non-hydrogen) atoms. The van der Waals surface area contributed by atoms with E-state index in [9.17, 15) is 0 Å². The lowest BCUT2D eigenvalue weighted by Crippen LogP contribution is -2.06. The Hall–Kier alpha value is -5.87. The van der Waals surface area contributed by atoms with Crippen molar-refractivity contribution in [1.29, 1.82) is 0 Å². The van der Waals surface area contributed by atoms with Crippen LogP contribution in [0.5, 0.6) is 0 Å². The van der Waals surface area contributed by atoms with Gasteiger partial charge in [-0.25, -0.2) is 4.98 Å². The Kier molecular flexibility index (Phi) is 6.73. The molecule has 8 aromatic rings. The highest BCUT2D eigenvalue weighted by molar-refractivity contribution is 6.10. The summed E-state index contributed by atoms with van der Waals surface area (Å²) in [6, 6.07) is 52.9. The number of rotatable bonds is 6. The molecule has 0 bridgehead atoms. The smallest absolute Gasteiger partial charge is 0.238 e. The van der Waals surface area contributed by atoms with Gasteiger partial charge in [-0.15, -0.1) is 0 Å². The van der Waals surface area contributed by atoms with Crippen molar-refractivity contribution >= 4 is 21.8 Å². The fourth-order valence-corrected chi connectivity index (χ4v) is 6.28. The summed E-state index contributed by atoms with van der Waals surface area (Å²) in [6.07, 6.45) is 0.881. The van der Waals surface area contributed by atoms with Crippen LogP contribution in [-0.4, -0.2) is 19.5 Å². The van der Waals surface area contributed by atoms with Gasteiger partial charge in [-0.3, -0.25) is 4.57 Å². The molecule has 0 aliphatic rings. The summed E-state index contributed by atoms with van der Waals surface area (Å²) in [6.45, 7) is 2.20. The van der Waals surface area contributed by atoms with Gasteiger partial charge >= 0.3 is 0 Å². The fraction of sp³-hybridized carbons (Fsp3) is 0.0488. The molecule has 6 aromatic carbocycles. The molecule has 4 heteroatoms. The van der Waals surface area contributed by atoms with Gasteiger partial charge in [-0.05, 0) is 59.4 Å². The summed E-state index contributed by atoms with van der Waals surface area (Å²) >= 11 is 0. The number of para-hydroxylation sites is 1. The van der Waals surface area contributed by atoms with Gasteiger partial charge in [0.25, 0.3) is 0 Å². The predicted molar refractivity (Wildman–Crippen MR) is 184 cm³/mol. The lowest BCUT2D eigenvalue weighted by Gasteiger charge is -2.14. The summed E-state index contributed by atoms with van der Waals surface area (Å²) in [5, 5.41) is 2.33. The number of aromatic nitrogens is 4. The number of nitrogens with zero attached hydrogens (tertiary/aromatic N) is 4. The Balaban J connectivity index is 1.36. The van der Waals surface area contributed by atoms with Gasteiger partial charge in [0.2, 0.25) is 5.95 Å². The average molecular weight is 579 g/mol. The van der Waals surface area contributed by atoms with Crippen LogP contribution in [0.25, 0.3) is 61.7 Å². The normalized spacial score (nSPS) is 11.3. The highest BCUT2D eigenvalue weighted by Gasteiger charge is 2.19. The SMILES string of the molecule is Cc1cc2c(cc1-c1ccccc1Cc1ccccc1)c1ccccc1n2-c1nc(-c2ccccc2)nc(-c2ccccc2)n1. The molecule has 214 valence electrons. The first kappa shape index (κ1) is 26.7. The van der Waals surface area contributed by atoms with Crippen LogP contribution >= 0.6 is 0 Å². The summed E-state index contributed by atoms with van der Waals surface area (Å²) in [7, 11) is 0. The molecule has 0 N–H and O–H groups in total. The van der Waals surface area contributed by atoms with Crippen molar-refractivity contribution in [2.24, 2.45) is 0 Å². The number of hydrogen-bond acceptors (Lipinski definition) is 3. The number of hydrogen-bond donors (Lipinski definition) is 0. The maximum Gasteiger partial charge on any atom is 0.238 e. The highest BCUT2D eigenvalue weighted by Crippen LogP contribution is 2.38. The Morgan fingerprint density at radius 1 is 0.489 bits per heavy atom. The largest absolute Gasteiger partial charge is 0.278 e. The van der Waals surface area contributed by atoms with Crippen molar-refractivity contribution in [3.05, 3.63) is 168 Å². The molecule has 0 unspecified atom stereocenters. The Labute approximate surface area is 262 Å². The Bertz CT molecular complexity index is 2230. The van der Waals surface area contributed by atoms with Gasteiger partial charge in [0.05, 0.1) is 11.0 Å². The van der Waals surface area contributed by atoms with Crippen LogP contribution in [0.15, 0.2) is 152 Å². The van der Waals surface area contributed by atoms with E-state index in [4.69, 9.17) is 15.0 Å². The molecule has 0 amide bonds. The van der Waals surface area contributed by atoms with Crippen LogP contribution in [-0.2, 0) is 6.42 Å². The molecule has 0 aliphatic carbocycles. The zero-order valence-corrected chi connectivity index (χ0v) is 24.9. The molecule has 0 fully saturated rings. The van der Waals surface area contributed by atoms with Gasteiger partial charge in [-0.1, -0.05) is 133 Å².